The lowest BCUT2D eigenvalue weighted by Gasteiger charge is -2.32. The Morgan fingerprint density at radius 3 is 2.53 bits per heavy atom. The molecule has 0 saturated carbocycles. The van der Waals surface area contributed by atoms with Crippen LogP contribution in [0.2, 0.25) is 0 Å². The predicted octanol–water partition coefficient (Wildman–Crippen LogP) is 1.84. The first-order chi connectivity index (χ1) is 15.5. The highest BCUT2D eigenvalue weighted by molar-refractivity contribution is 5.96. The highest BCUT2D eigenvalue weighted by Gasteiger charge is 2.28. The van der Waals surface area contributed by atoms with Gasteiger partial charge in [0.1, 0.15) is 19.0 Å². The number of piperidine rings is 1. The van der Waals surface area contributed by atoms with Crippen molar-refractivity contribution in [3.8, 4) is 11.5 Å². The van der Waals surface area contributed by atoms with Gasteiger partial charge >= 0.3 is 0 Å². The topological polar surface area (TPSA) is 97.0 Å². The zero-order valence-corrected chi connectivity index (χ0v) is 17.4. The molecule has 2 aliphatic heterocycles. The van der Waals surface area contributed by atoms with Gasteiger partial charge in [-0.1, -0.05) is 12.1 Å². The van der Waals surface area contributed by atoms with Gasteiger partial charge in [-0.3, -0.25) is 25.2 Å². The van der Waals surface area contributed by atoms with Gasteiger partial charge in [0.05, 0.1) is 12.3 Å². The second kappa shape index (κ2) is 9.67. The number of carbonyl (C=O) groups is 3. The first kappa shape index (κ1) is 21.6. The predicted molar refractivity (Wildman–Crippen MR) is 112 cm³/mol. The van der Waals surface area contributed by atoms with Crippen LogP contribution in [0.4, 0.5) is 4.39 Å². The number of halogens is 1. The van der Waals surface area contributed by atoms with Crippen LogP contribution in [-0.2, 0) is 16.0 Å². The van der Waals surface area contributed by atoms with Crippen molar-refractivity contribution in [2.75, 3.05) is 26.3 Å². The molecule has 0 radical (unpaired) electrons. The quantitative estimate of drug-likeness (QED) is 0.706. The van der Waals surface area contributed by atoms with Crippen molar-refractivity contribution in [2.45, 2.75) is 19.3 Å². The highest BCUT2D eigenvalue weighted by Crippen LogP contribution is 2.30. The van der Waals surface area contributed by atoms with E-state index >= 15 is 0 Å². The van der Waals surface area contributed by atoms with Crippen molar-refractivity contribution in [1.82, 2.24) is 15.8 Å². The Bertz CT molecular complexity index is 1010. The van der Waals surface area contributed by atoms with E-state index in [9.17, 15) is 18.8 Å². The van der Waals surface area contributed by atoms with Gasteiger partial charge in [-0.15, -0.1) is 0 Å². The van der Waals surface area contributed by atoms with Crippen molar-refractivity contribution >= 4 is 17.7 Å². The number of fused-ring (bicyclic) bond motifs is 1. The number of carbonyl (C=O) groups excluding carboxylic acids is 3. The normalized spacial score (nSPS) is 17.4. The molecule has 1 atom stereocenters. The highest BCUT2D eigenvalue weighted by atomic mass is 19.1. The van der Waals surface area contributed by atoms with E-state index < -0.39 is 11.8 Å². The molecule has 0 spiro atoms. The van der Waals surface area contributed by atoms with Gasteiger partial charge in [-0.05, 0) is 48.7 Å². The third kappa shape index (κ3) is 5.16. The first-order valence-electron chi connectivity index (χ1n) is 10.5. The molecule has 2 aromatic rings. The van der Waals surface area contributed by atoms with E-state index in [1.807, 2.05) is 0 Å². The smallest absolute Gasteiger partial charge is 0.269 e. The fourth-order valence-corrected chi connectivity index (χ4v) is 3.78. The Labute approximate surface area is 184 Å². The SMILES string of the molecule is O=C(NNC(=O)C1CCCN(C(=O)Cc2ccc(F)cc2)C1)c1ccc2c(c1)OCCO2. The molecule has 2 N–H and O–H groups in total. The minimum atomic E-state index is -0.477. The maximum absolute atomic E-state index is 13.0. The fraction of sp³-hybridized carbons (Fsp3) is 0.348. The molecule has 1 unspecified atom stereocenters. The van der Waals surface area contributed by atoms with Crippen LogP contribution in [-0.4, -0.2) is 48.9 Å². The van der Waals surface area contributed by atoms with Crippen LogP contribution in [0.3, 0.4) is 0 Å². The maximum atomic E-state index is 13.0. The van der Waals surface area contributed by atoms with Crippen molar-refractivity contribution < 1.29 is 28.2 Å². The Morgan fingerprint density at radius 1 is 1.00 bits per heavy atom. The van der Waals surface area contributed by atoms with Gasteiger partial charge in [0, 0.05) is 18.7 Å². The number of ether oxygens (including phenoxy) is 2. The van der Waals surface area contributed by atoms with Crippen molar-refractivity contribution in [2.24, 2.45) is 5.92 Å². The zero-order chi connectivity index (χ0) is 22.5. The minimum Gasteiger partial charge on any atom is -0.486 e. The fourth-order valence-electron chi connectivity index (χ4n) is 3.78. The molecule has 32 heavy (non-hydrogen) atoms. The molecule has 168 valence electrons. The summed E-state index contributed by atoms with van der Waals surface area (Å²) in [4.78, 5) is 39.2. The summed E-state index contributed by atoms with van der Waals surface area (Å²) in [5.41, 5.74) is 5.92. The van der Waals surface area contributed by atoms with E-state index in [0.29, 0.717) is 49.7 Å². The van der Waals surface area contributed by atoms with E-state index in [-0.39, 0.29) is 30.6 Å². The van der Waals surface area contributed by atoms with Crippen LogP contribution in [0.5, 0.6) is 11.5 Å². The third-order valence-electron chi connectivity index (χ3n) is 5.52. The summed E-state index contributed by atoms with van der Waals surface area (Å²) in [5.74, 6) is -0.669. The number of rotatable bonds is 4. The number of benzene rings is 2. The molecule has 2 heterocycles. The van der Waals surface area contributed by atoms with E-state index in [1.165, 1.54) is 12.1 Å². The average Bonchev–Trinajstić information content (AvgIpc) is 2.83. The van der Waals surface area contributed by atoms with Gasteiger partial charge in [0.15, 0.2) is 11.5 Å². The molecule has 1 fully saturated rings. The summed E-state index contributed by atoms with van der Waals surface area (Å²) in [6.45, 7) is 1.70. The lowest BCUT2D eigenvalue weighted by Crippen LogP contribution is -2.50. The van der Waals surface area contributed by atoms with Crippen LogP contribution in [0.15, 0.2) is 42.5 Å². The minimum absolute atomic E-state index is 0.116. The molecule has 0 bridgehead atoms. The summed E-state index contributed by atoms with van der Waals surface area (Å²) in [7, 11) is 0. The lowest BCUT2D eigenvalue weighted by atomic mass is 9.96. The molecule has 2 aromatic carbocycles. The van der Waals surface area contributed by atoms with Crippen molar-refractivity contribution in [3.63, 3.8) is 0 Å². The first-order valence-corrected chi connectivity index (χ1v) is 10.5. The van der Waals surface area contributed by atoms with Crippen LogP contribution >= 0.6 is 0 Å². The number of hydrogen-bond acceptors (Lipinski definition) is 5. The Balaban J connectivity index is 1.29. The average molecular weight is 441 g/mol. The molecule has 2 aliphatic rings. The molecule has 8 nitrogen and oxygen atoms in total. The Hall–Kier alpha value is -3.62. The van der Waals surface area contributed by atoms with E-state index in [0.717, 1.165) is 5.56 Å². The third-order valence-corrected chi connectivity index (χ3v) is 5.52. The van der Waals surface area contributed by atoms with Crippen molar-refractivity contribution in [1.29, 1.82) is 0 Å². The molecule has 3 amide bonds. The number of hydrogen-bond donors (Lipinski definition) is 2. The van der Waals surface area contributed by atoms with Crippen molar-refractivity contribution in [3.05, 3.63) is 59.4 Å². The second-order valence-corrected chi connectivity index (χ2v) is 7.78. The van der Waals surface area contributed by atoms with E-state index in [1.54, 1.807) is 35.2 Å². The number of nitrogens with zero attached hydrogens (tertiary/aromatic N) is 1. The van der Waals surface area contributed by atoms with Gasteiger partial charge in [0.2, 0.25) is 11.8 Å². The largest absolute Gasteiger partial charge is 0.486 e. The summed E-state index contributed by atoms with van der Waals surface area (Å²) in [6, 6.07) is 10.6. The molecule has 0 aromatic heterocycles. The number of hydrazine groups is 1. The van der Waals surface area contributed by atoms with Gasteiger partial charge in [-0.25, -0.2) is 4.39 Å². The van der Waals surface area contributed by atoms with E-state index in [2.05, 4.69) is 10.9 Å². The number of nitrogens with one attached hydrogen (secondary N) is 2. The second-order valence-electron chi connectivity index (χ2n) is 7.78. The zero-order valence-electron chi connectivity index (χ0n) is 17.4. The lowest BCUT2D eigenvalue weighted by molar-refractivity contribution is -0.135. The van der Waals surface area contributed by atoms with Crippen LogP contribution < -0.4 is 20.3 Å². The number of amides is 3. The summed E-state index contributed by atoms with van der Waals surface area (Å²) in [6.07, 6.45) is 1.45. The van der Waals surface area contributed by atoms with Gasteiger partial charge < -0.3 is 14.4 Å². The molecule has 4 rings (SSSR count). The maximum Gasteiger partial charge on any atom is 0.269 e. The summed E-state index contributed by atoms with van der Waals surface area (Å²) < 4.78 is 24.0. The Morgan fingerprint density at radius 2 is 1.75 bits per heavy atom. The monoisotopic (exact) mass is 441 g/mol. The van der Waals surface area contributed by atoms with Gasteiger partial charge in [-0.2, -0.15) is 0 Å². The molecule has 1 saturated heterocycles. The van der Waals surface area contributed by atoms with Crippen LogP contribution in [0.25, 0.3) is 0 Å². The Kier molecular flexibility index (Phi) is 6.53. The van der Waals surface area contributed by atoms with Crippen LogP contribution in [0.1, 0.15) is 28.8 Å². The van der Waals surface area contributed by atoms with Gasteiger partial charge in [0.25, 0.3) is 5.91 Å². The molecular weight excluding hydrogens is 417 g/mol. The van der Waals surface area contributed by atoms with E-state index in [4.69, 9.17) is 9.47 Å². The molecule has 9 heteroatoms. The molecule has 0 aliphatic carbocycles. The number of likely N-dealkylation sites (tertiary alicyclic amines) is 1. The summed E-state index contributed by atoms with van der Waals surface area (Å²) in [5, 5.41) is 0. The molecular formula is C23H24FN3O5. The standard InChI is InChI=1S/C23H24FN3O5/c24-18-6-3-15(4-7-18)12-21(28)27-9-1-2-17(14-27)23(30)26-25-22(29)16-5-8-19-20(13-16)32-11-10-31-19/h3-8,13,17H,1-2,9-12,14H2,(H,25,29)(H,26,30). The van der Waals surface area contributed by atoms with Crippen LogP contribution in [0, 0.1) is 11.7 Å². The summed E-state index contributed by atoms with van der Waals surface area (Å²) >= 11 is 0.